The molecule has 1 unspecified atom stereocenters. The van der Waals surface area contributed by atoms with Gasteiger partial charge in [-0.2, -0.15) is 0 Å². The molecule has 0 saturated heterocycles. The van der Waals surface area contributed by atoms with Crippen molar-refractivity contribution in [2.45, 2.75) is 32.2 Å². The topological polar surface area (TPSA) is 76.5 Å². The highest BCUT2D eigenvalue weighted by Gasteiger charge is 2.27. The van der Waals surface area contributed by atoms with Gasteiger partial charge in [0.25, 0.3) is 0 Å². The summed E-state index contributed by atoms with van der Waals surface area (Å²) in [7, 11) is 0. The molecule has 2 rings (SSSR count). The van der Waals surface area contributed by atoms with Gasteiger partial charge in [-0.1, -0.05) is 0 Å². The van der Waals surface area contributed by atoms with Crippen LogP contribution in [0.3, 0.4) is 0 Å². The minimum absolute atomic E-state index is 0.0485. The fourth-order valence-corrected chi connectivity index (χ4v) is 2.09. The third-order valence-electron chi connectivity index (χ3n) is 2.75. The number of hydrogen-bond acceptors (Lipinski definition) is 3. The van der Waals surface area contributed by atoms with E-state index in [1.165, 1.54) is 0 Å². The fraction of sp³-hybridized carbons (Fsp3) is 0.500. The van der Waals surface area contributed by atoms with Crippen molar-refractivity contribution in [2.75, 3.05) is 0 Å². The summed E-state index contributed by atoms with van der Waals surface area (Å²) < 4.78 is 5.29. The lowest BCUT2D eigenvalue weighted by molar-refractivity contribution is 0.0659. The largest absolute Gasteiger partial charge is 0.475 e. The summed E-state index contributed by atoms with van der Waals surface area (Å²) in [5.41, 5.74) is 7.51. The van der Waals surface area contributed by atoms with Gasteiger partial charge in [-0.05, 0) is 19.8 Å². The summed E-state index contributed by atoms with van der Waals surface area (Å²) in [5.74, 6) is -0.199. The van der Waals surface area contributed by atoms with Gasteiger partial charge < -0.3 is 15.3 Å². The maximum atomic E-state index is 10.8. The molecule has 1 aliphatic carbocycles. The number of aromatic carboxylic acids is 1. The summed E-state index contributed by atoms with van der Waals surface area (Å²) in [4.78, 5) is 10.8. The molecule has 4 nitrogen and oxygen atoms in total. The van der Waals surface area contributed by atoms with Crippen molar-refractivity contribution in [1.29, 1.82) is 0 Å². The molecule has 0 fully saturated rings. The van der Waals surface area contributed by atoms with E-state index in [0.29, 0.717) is 5.56 Å². The van der Waals surface area contributed by atoms with Crippen LogP contribution < -0.4 is 5.73 Å². The van der Waals surface area contributed by atoms with Crippen LogP contribution >= 0.6 is 0 Å². The van der Waals surface area contributed by atoms with Crippen LogP contribution in [0.1, 0.15) is 46.3 Å². The fourth-order valence-electron chi connectivity index (χ4n) is 2.09. The molecule has 0 radical (unpaired) electrons. The summed E-state index contributed by atoms with van der Waals surface area (Å²) in [6, 6.07) is -0.0596. The Bertz CT molecular complexity index is 381. The second kappa shape index (κ2) is 3.13. The molecule has 0 amide bonds. The maximum Gasteiger partial charge on any atom is 0.372 e. The maximum absolute atomic E-state index is 10.8. The number of hydrogen-bond donors (Lipinski definition) is 2. The number of rotatable bonds is 1. The Labute approximate surface area is 81.7 Å². The molecule has 3 N–H and O–H groups in total. The number of carboxylic acid groups (broad SMARTS) is 1. The number of carboxylic acids is 1. The molecule has 0 saturated carbocycles. The zero-order chi connectivity index (χ0) is 10.3. The average Bonchev–Trinajstić information content (AvgIpc) is 2.45. The summed E-state index contributed by atoms with van der Waals surface area (Å²) in [6.07, 6.45) is 2.68. The molecule has 0 aliphatic heterocycles. The van der Waals surface area contributed by atoms with Gasteiger partial charge in [-0.15, -0.1) is 0 Å². The van der Waals surface area contributed by atoms with E-state index in [4.69, 9.17) is 15.3 Å². The molecule has 1 aliphatic rings. The standard InChI is InChI=1S/C10H13NO3/c1-5-8-6(11)3-2-4-7(8)14-9(5)10(12)13/h6H,2-4,11H2,1H3,(H,12,13). The van der Waals surface area contributed by atoms with E-state index >= 15 is 0 Å². The monoisotopic (exact) mass is 195 g/mol. The van der Waals surface area contributed by atoms with Crippen molar-refractivity contribution in [3.63, 3.8) is 0 Å². The van der Waals surface area contributed by atoms with Crippen LogP contribution in [0.4, 0.5) is 0 Å². The Morgan fingerprint density at radius 2 is 2.36 bits per heavy atom. The van der Waals surface area contributed by atoms with E-state index in [1.807, 2.05) is 0 Å². The van der Waals surface area contributed by atoms with Gasteiger partial charge in [0.15, 0.2) is 0 Å². The Kier molecular flexibility index (Phi) is 2.07. The molecule has 0 spiro atoms. The minimum Gasteiger partial charge on any atom is -0.475 e. The van der Waals surface area contributed by atoms with Crippen LogP contribution in [0.25, 0.3) is 0 Å². The van der Waals surface area contributed by atoms with Crippen molar-refractivity contribution in [1.82, 2.24) is 0 Å². The van der Waals surface area contributed by atoms with Gasteiger partial charge in [0.05, 0.1) is 0 Å². The number of carbonyl (C=O) groups is 1. The lowest BCUT2D eigenvalue weighted by atomic mass is 9.91. The molecule has 1 aromatic heterocycles. The van der Waals surface area contributed by atoms with Crippen LogP contribution in [0.2, 0.25) is 0 Å². The van der Waals surface area contributed by atoms with Crippen LogP contribution in [0.5, 0.6) is 0 Å². The van der Waals surface area contributed by atoms with E-state index < -0.39 is 5.97 Å². The first-order valence-electron chi connectivity index (χ1n) is 4.72. The van der Waals surface area contributed by atoms with E-state index in [9.17, 15) is 4.79 Å². The first-order chi connectivity index (χ1) is 6.61. The third-order valence-corrected chi connectivity index (χ3v) is 2.75. The molecule has 14 heavy (non-hydrogen) atoms. The van der Waals surface area contributed by atoms with Gasteiger partial charge in [-0.25, -0.2) is 4.79 Å². The number of fused-ring (bicyclic) bond motifs is 1. The first kappa shape index (κ1) is 9.27. The van der Waals surface area contributed by atoms with Crippen molar-refractivity contribution in [3.05, 3.63) is 22.6 Å². The molecule has 76 valence electrons. The highest BCUT2D eigenvalue weighted by molar-refractivity contribution is 5.86. The van der Waals surface area contributed by atoms with Crippen LogP contribution in [-0.2, 0) is 6.42 Å². The van der Waals surface area contributed by atoms with Gasteiger partial charge in [0.2, 0.25) is 5.76 Å². The van der Waals surface area contributed by atoms with Gasteiger partial charge in [-0.3, -0.25) is 0 Å². The lowest BCUT2D eigenvalue weighted by Crippen LogP contribution is -2.16. The van der Waals surface area contributed by atoms with Crippen LogP contribution in [0.15, 0.2) is 4.42 Å². The van der Waals surface area contributed by atoms with Gasteiger partial charge in [0, 0.05) is 23.6 Å². The lowest BCUT2D eigenvalue weighted by Gasteiger charge is -2.17. The second-order valence-electron chi connectivity index (χ2n) is 3.70. The zero-order valence-electron chi connectivity index (χ0n) is 8.04. The summed E-state index contributed by atoms with van der Waals surface area (Å²) in [6.45, 7) is 1.76. The average molecular weight is 195 g/mol. The van der Waals surface area contributed by atoms with E-state index in [1.54, 1.807) is 6.92 Å². The van der Waals surface area contributed by atoms with E-state index in [0.717, 1.165) is 30.6 Å². The zero-order valence-corrected chi connectivity index (χ0v) is 8.04. The van der Waals surface area contributed by atoms with Crippen molar-refractivity contribution in [2.24, 2.45) is 5.73 Å². The predicted octanol–water partition coefficient (Wildman–Crippen LogP) is 1.62. The van der Waals surface area contributed by atoms with Gasteiger partial charge >= 0.3 is 5.97 Å². The van der Waals surface area contributed by atoms with E-state index in [2.05, 4.69) is 0 Å². The molecule has 1 aromatic rings. The quantitative estimate of drug-likeness (QED) is 0.713. The second-order valence-corrected chi connectivity index (χ2v) is 3.70. The molecule has 4 heteroatoms. The van der Waals surface area contributed by atoms with Gasteiger partial charge in [0.1, 0.15) is 5.76 Å². The Hall–Kier alpha value is -1.29. The van der Waals surface area contributed by atoms with Crippen LogP contribution in [0, 0.1) is 6.92 Å². The Balaban J connectivity index is 2.55. The highest BCUT2D eigenvalue weighted by Crippen LogP contribution is 2.34. The smallest absolute Gasteiger partial charge is 0.372 e. The van der Waals surface area contributed by atoms with Crippen molar-refractivity contribution < 1.29 is 14.3 Å². The SMILES string of the molecule is Cc1c(C(=O)O)oc2c1C(N)CCC2. The van der Waals surface area contributed by atoms with E-state index in [-0.39, 0.29) is 11.8 Å². The highest BCUT2D eigenvalue weighted by atomic mass is 16.4. The van der Waals surface area contributed by atoms with Crippen molar-refractivity contribution >= 4 is 5.97 Å². The number of aryl methyl sites for hydroxylation is 1. The van der Waals surface area contributed by atoms with Crippen molar-refractivity contribution in [3.8, 4) is 0 Å². The number of furan rings is 1. The molecule has 1 heterocycles. The minimum atomic E-state index is -1.01. The molecule has 0 bridgehead atoms. The third kappa shape index (κ3) is 1.23. The van der Waals surface area contributed by atoms with Crippen LogP contribution in [-0.4, -0.2) is 11.1 Å². The first-order valence-corrected chi connectivity index (χ1v) is 4.72. The normalized spacial score (nSPS) is 20.6. The summed E-state index contributed by atoms with van der Waals surface area (Å²) in [5, 5.41) is 8.87. The molecule has 1 atom stereocenters. The predicted molar refractivity (Wildman–Crippen MR) is 50.3 cm³/mol. The Morgan fingerprint density at radius 1 is 1.64 bits per heavy atom. The number of nitrogens with two attached hydrogens (primary N) is 1. The molecular formula is C10H13NO3. The molecule has 0 aromatic carbocycles. The molecular weight excluding hydrogens is 182 g/mol. The summed E-state index contributed by atoms with van der Waals surface area (Å²) >= 11 is 0. The Morgan fingerprint density at radius 3 is 2.93 bits per heavy atom.